The topological polar surface area (TPSA) is 49.7 Å². The molecular formula is C14H27IN2O2. The second kappa shape index (κ2) is 10.6. The lowest BCUT2D eigenvalue weighted by atomic mass is 10.1. The van der Waals surface area contributed by atoms with Gasteiger partial charge in [0.1, 0.15) is 6.21 Å². The van der Waals surface area contributed by atoms with Crippen molar-refractivity contribution in [3.8, 4) is 0 Å². The van der Waals surface area contributed by atoms with Crippen molar-refractivity contribution in [3.63, 3.8) is 0 Å². The smallest absolute Gasteiger partial charge is 0.177 e. The molecule has 0 unspecified atom stereocenters. The summed E-state index contributed by atoms with van der Waals surface area (Å²) in [5.41, 5.74) is 0. The van der Waals surface area contributed by atoms with Crippen LogP contribution in [0.5, 0.6) is 0 Å². The van der Waals surface area contributed by atoms with Crippen LogP contribution < -0.4 is 24.0 Å². The normalized spacial score (nSPS) is 18.2. The highest BCUT2D eigenvalue weighted by Gasteiger charge is 2.23. The van der Waals surface area contributed by atoms with Crippen LogP contribution in [0.25, 0.3) is 0 Å². The fourth-order valence-electron chi connectivity index (χ4n) is 2.77. The summed E-state index contributed by atoms with van der Waals surface area (Å²) < 4.78 is 1.25. The van der Waals surface area contributed by atoms with E-state index < -0.39 is 0 Å². The van der Waals surface area contributed by atoms with Gasteiger partial charge in [-0.1, -0.05) is 11.6 Å². The van der Waals surface area contributed by atoms with Gasteiger partial charge in [-0.25, -0.2) is 0 Å². The van der Waals surface area contributed by atoms with Gasteiger partial charge in [-0.15, -0.1) is 0 Å². The largest absolute Gasteiger partial charge is 1.00 e. The van der Waals surface area contributed by atoms with E-state index in [0.29, 0.717) is 6.42 Å². The van der Waals surface area contributed by atoms with E-state index in [0.717, 1.165) is 19.1 Å². The molecule has 4 nitrogen and oxygen atoms in total. The molecule has 0 radical (unpaired) electrons. The molecule has 0 aromatic rings. The Morgan fingerprint density at radius 3 is 2.42 bits per heavy atom. The van der Waals surface area contributed by atoms with Crippen LogP contribution in [-0.4, -0.2) is 48.4 Å². The van der Waals surface area contributed by atoms with Crippen molar-refractivity contribution in [2.45, 2.75) is 51.4 Å². The number of hydrogen-bond acceptors (Lipinski definition) is 3. The van der Waals surface area contributed by atoms with E-state index in [2.05, 4.69) is 12.2 Å². The van der Waals surface area contributed by atoms with E-state index in [1.54, 1.807) is 0 Å². The predicted molar refractivity (Wildman–Crippen MR) is 73.0 cm³/mol. The maximum atomic E-state index is 11.1. The van der Waals surface area contributed by atoms with Crippen LogP contribution in [0.2, 0.25) is 0 Å². The average molecular weight is 382 g/mol. The van der Waals surface area contributed by atoms with Gasteiger partial charge in [0.25, 0.3) is 0 Å². The van der Waals surface area contributed by atoms with Gasteiger partial charge in [0.15, 0.2) is 5.78 Å². The number of likely N-dealkylation sites (tertiary alicyclic amines) is 1. The molecule has 1 saturated heterocycles. The van der Waals surface area contributed by atoms with Crippen molar-refractivity contribution >= 4 is 12.0 Å². The number of rotatable bonds is 8. The van der Waals surface area contributed by atoms with E-state index in [-0.39, 0.29) is 29.8 Å². The number of nitrogens with zero attached hydrogens (tertiary/aromatic N) is 2. The van der Waals surface area contributed by atoms with Crippen LogP contribution in [-0.2, 0) is 4.79 Å². The summed E-state index contributed by atoms with van der Waals surface area (Å²) in [5, 5.41) is 10.9. The Bertz CT molecular complexity index is 277. The molecule has 0 amide bonds. The lowest BCUT2D eigenvalue weighted by Crippen LogP contribution is -3.00. The first kappa shape index (κ1) is 18.8. The Kier molecular flexibility index (Phi) is 10.5. The fourth-order valence-corrected chi connectivity index (χ4v) is 2.77. The highest BCUT2D eigenvalue weighted by molar-refractivity contribution is 6.27. The summed E-state index contributed by atoms with van der Waals surface area (Å²) in [6.45, 7) is 3.96. The van der Waals surface area contributed by atoms with Crippen molar-refractivity contribution in [1.82, 2.24) is 0 Å². The average Bonchev–Trinajstić information content (AvgIpc) is 2.35. The van der Waals surface area contributed by atoms with Gasteiger partial charge in [-0.3, -0.25) is 4.79 Å². The van der Waals surface area contributed by atoms with Crippen LogP contribution in [0.1, 0.15) is 51.4 Å². The molecule has 0 spiro atoms. The van der Waals surface area contributed by atoms with Crippen molar-refractivity contribution in [2.75, 3.05) is 26.7 Å². The van der Waals surface area contributed by atoms with Crippen LogP contribution in [0, 0.1) is 0 Å². The van der Waals surface area contributed by atoms with E-state index in [9.17, 15) is 4.79 Å². The third-order valence-corrected chi connectivity index (χ3v) is 3.97. The number of quaternary nitrogens is 1. The number of carbonyl (C=O) groups excluding carboxylic acids is 1. The standard InChI is InChI=1S/C14H26N2O2.HI/c1-16(11-7-4-8-12-16)10-6-3-2-5-9-14(17)13-15-18;/h13H,2-12H2,1H3;1H. The molecule has 1 aliphatic heterocycles. The SMILES string of the molecule is C[N+]1(CCCCCCC(=O)/C=N/O)CCCCC1.[I-]. The van der Waals surface area contributed by atoms with Gasteiger partial charge in [0.05, 0.1) is 26.7 Å². The molecule has 0 aromatic heterocycles. The zero-order chi connectivity index (χ0) is 13.3. The lowest BCUT2D eigenvalue weighted by molar-refractivity contribution is -0.914. The summed E-state index contributed by atoms with van der Waals surface area (Å²) in [7, 11) is 2.38. The van der Waals surface area contributed by atoms with Crippen LogP contribution >= 0.6 is 0 Å². The molecule has 19 heavy (non-hydrogen) atoms. The minimum absolute atomic E-state index is 0. The summed E-state index contributed by atoms with van der Waals surface area (Å²) >= 11 is 0. The Balaban J connectivity index is 0.00000324. The summed E-state index contributed by atoms with van der Waals surface area (Å²) in [5.74, 6) is -0.0764. The summed E-state index contributed by atoms with van der Waals surface area (Å²) in [6, 6.07) is 0. The molecule has 0 bridgehead atoms. The molecule has 0 aliphatic carbocycles. The molecule has 1 fully saturated rings. The van der Waals surface area contributed by atoms with Gasteiger partial charge in [0, 0.05) is 6.42 Å². The minimum atomic E-state index is -0.0764. The zero-order valence-electron chi connectivity index (χ0n) is 12.0. The highest BCUT2D eigenvalue weighted by Crippen LogP contribution is 2.17. The van der Waals surface area contributed by atoms with Gasteiger partial charge < -0.3 is 33.7 Å². The molecule has 1 N–H and O–H groups in total. The molecule has 5 heteroatoms. The molecule has 0 atom stereocenters. The van der Waals surface area contributed by atoms with Gasteiger partial charge >= 0.3 is 0 Å². The first-order chi connectivity index (χ1) is 8.66. The van der Waals surface area contributed by atoms with Crippen molar-refractivity contribution in [1.29, 1.82) is 0 Å². The third kappa shape index (κ3) is 8.57. The lowest BCUT2D eigenvalue weighted by Gasteiger charge is -2.37. The predicted octanol–water partition coefficient (Wildman–Crippen LogP) is -0.399. The second-order valence-corrected chi connectivity index (χ2v) is 5.73. The maximum absolute atomic E-state index is 11.1. The number of oxime groups is 1. The minimum Gasteiger partial charge on any atom is -1.00 e. The molecule has 112 valence electrons. The van der Waals surface area contributed by atoms with Gasteiger partial charge in [-0.2, -0.15) is 0 Å². The molecule has 0 saturated carbocycles. The molecule has 1 heterocycles. The van der Waals surface area contributed by atoms with Crippen molar-refractivity contribution in [3.05, 3.63) is 0 Å². The number of piperidine rings is 1. The first-order valence-corrected chi connectivity index (χ1v) is 7.20. The van der Waals surface area contributed by atoms with Crippen molar-refractivity contribution < 1.29 is 38.5 Å². The fraction of sp³-hybridized carbons (Fsp3) is 0.857. The third-order valence-electron chi connectivity index (χ3n) is 3.97. The number of hydrogen-bond donors (Lipinski definition) is 1. The monoisotopic (exact) mass is 382 g/mol. The van der Waals surface area contributed by atoms with E-state index >= 15 is 0 Å². The Morgan fingerprint density at radius 2 is 1.79 bits per heavy atom. The maximum Gasteiger partial charge on any atom is 0.177 e. The van der Waals surface area contributed by atoms with E-state index in [4.69, 9.17) is 5.21 Å². The van der Waals surface area contributed by atoms with Gasteiger partial charge in [0.2, 0.25) is 0 Å². The number of ketones is 1. The summed E-state index contributed by atoms with van der Waals surface area (Å²) in [4.78, 5) is 11.1. The molecular weight excluding hydrogens is 355 g/mol. The first-order valence-electron chi connectivity index (χ1n) is 7.20. The second-order valence-electron chi connectivity index (χ2n) is 5.73. The highest BCUT2D eigenvalue weighted by atomic mass is 127. The summed E-state index contributed by atoms with van der Waals surface area (Å²) in [6.07, 6.45) is 10.2. The quantitative estimate of drug-likeness (QED) is 0.155. The van der Waals surface area contributed by atoms with Crippen LogP contribution in [0.15, 0.2) is 5.16 Å². The van der Waals surface area contributed by atoms with Crippen LogP contribution in [0.3, 0.4) is 0 Å². The molecule has 1 rings (SSSR count). The van der Waals surface area contributed by atoms with E-state index in [1.165, 1.54) is 56.2 Å². The Morgan fingerprint density at radius 1 is 1.16 bits per heavy atom. The Labute approximate surface area is 133 Å². The number of Topliss-reactive ketones (excluding diaryl/α,β-unsaturated/α-hetero) is 1. The molecule has 1 aliphatic rings. The van der Waals surface area contributed by atoms with E-state index in [1.807, 2.05) is 0 Å². The number of carbonyl (C=O) groups is 1. The van der Waals surface area contributed by atoms with Gasteiger partial charge in [-0.05, 0) is 38.5 Å². The Hall–Kier alpha value is -0.170. The number of halogens is 1. The van der Waals surface area contributed by atoms with Crippen LogP contribution in [0.4, 0.5) is 0 Å². The number of unbranched alkanes of at least 4 members (excludes halogenated alkanes) is 3. The van der Waals surface area contributed by atoms with Crippen molar-refractivity contribution in [2.24, 2.45) is 5.16 Å². The molecule has 0 aromatic carbocycles. The zero-order valence-corrected chi connectivity index (χ0v) is 14.1.